The Morgan fingerprint density at radius 2 is 1.80 bits per heavy atom. The summed E-state index contributed by atoms with van der Waals surface area (Å²) in [6.07, 6.45) is 3.08. The van der Waals surface area contributed by atoms with Crippen LogP contribution < -0.4 is 9.46 Å². The van der Waals surface area contributed by atoms with Gasteiger partial charge in [-0.1, -0.05) is 18.2 Å². The molecule has 0 fully saturated rings. The second-order valence-corrected chi connectivity index (χ2v) is 9.05. The van der Waals surface area contributed by atoms with Gasteiger partial charge >= 0.3 is 0 Å². The molecule has 0 spiro atoms. The van der Waals surface area contributed by atoms with Crippen LogP contribution in [0.25, 0.3) is 33.5 Å². The molecule has 2 heterocycles. The number of imidazole rings is 1. The fraction of sp³-hybridized carbons (Fsp3) is 0.0435. The Labute approximate surface area is 196 Å². The van der Waals surface area contributed by atoms with E-state index in [1.165, 1.54) is 43.6 Å². The zero-order chi connectivity index (χ0) is 24.7. The molecule has 0 aliphatic carbocycles. The molecule has 0 amide bonds. The Morgan fingerprint density at radius 3 is 2.54 bits per heavy atom. The normalized spacial score (nSPS) is 11.7. The lowest BCUT2D eigenvalue weighted by Gasteiger charge is -2.14. The van der Waals surface area contributed by atoms with Gasteiger partial charge in [0, 0.05) is 23.3 Å². The number of anilines is 1. The summed E-state index contributed by atoms with van der Waals surface area (Å²) in [5.41, 5.74) is -1.48. The molecule has 5 rings (SSSR count). The number of para-hydroxylation sites is 1. The number of methoxy groups -OCH3 is 1. The van der Waals surface area contributed by atoms with Crippen LogP contribution in [-0.2, 0) is 10.0 Å². The van der Waals surface area contributed by atoms with E-state index in [0.717, 1.165) is 12.1 Å². The van der Waals surface area contributed by atoms with E-state index in [1.54, 1.807) is 12.3 Å². The first-order valence-corrected chi connectivity index (χ1v) is 11.6. The molecule has 0 aliphatic heterocycles. The summed E-state index contributed by atoms with van der Waals surface area (Å²) in [7, 11) is -3.03. The second-order valence-electron chi connectivity index (χ2n) is 7.40. The van der Waals surface area contributed by atoms with Crippen molar-refractivity contribution in [3.8, 4) is 28.4 Å². The van der Waals surface area contributed by atoms with E-state index in [2.05, 4.69) is 24.9 Å². The van der Waals surface area contributed by atoms with E-state index in [9.17, 15) is 12.8 Å². The number of rotatable bonds is 6. The second kappa shape index (κ2) is 8.47. The van der Waals surface area contributed by atoms with Crippen molar-refractivity contribution < 1.29 is 26.3 Å². The highest BCUT2D eigenvalue weighted by Crippen LogP contribution is 2.37. The number of fused-ring (bicyclic) bond motifs is 1. The van der Waals surface area contributed by atoms with Crippen LogP contribution in [0.5, 0.6) is 5.75 Å². The highest BCUT2D eigenvalue weighted by Gasteiger charge is 2.26. The molecular formula is C23H16F3N5O3S. The number of sulfonamides is 1. The molecule has 3 aromatic carbocycles. The molecule has 5 aromatic rings. The van der Waals surface area contributed by atoms with Crippen LogP contribution in [0.15, 0.2) is 65.8 Å². The Morgan fingerprint density at radius 1 is 1.00 bits per heavy atom. The van der Waals surface area contributed by atoms with Gasteiger partial charge in [-0.05, 0) is 30.3 Å². The first-order chi connectivity index (χ1) is 16.8. The third kappa shape index (κ3) is 3.77. The smallest absolute Gasteiger partial charge is 0.265 e. The van der Waals surface area contributed by atoms with Crippen LogP contribution in [0.4, 0.5) is 18.9 Å². The van der Waals surface area contributed by atoms with E-state index in [1.807, 2.05) is 0 Å². The molecule has 0 saturated heterocycles. The summed E-state index contributed by atoms with van der Waals surface area (Å²) in [6, 6.07) is 10.1. The molecule has 0 aliphatic rings. The molecular weight excluding hydrogens is 483 g/mol. The summed E-state index contributed by atoms with van der Waals surface area (Å²) in [6.45, 7) is 0. The van der Waals surface area contributed by atoms with Crippen molar-refractivity contribution in [1.29, 1.82) is 0 Å². The first kappa shape index (κ1) is 22.5. The van der Waals surface area contributed by atoms with Gasteiger partial charge in [-0.2, -0.15) is 5.10 Å². The molecule has 8 nitrogen and oxygen atoms in total. The lowest BCUT2D eigenvalue weighted by molar-refractivity contribution is 0.403. The van der Waals surface area contributed by atoms with Crippen molar-refractivity contribution in [3.05, 3.63) is 78.4 Å². The van der Waals surface area contributed by atoms with E-state index in [0.29, 0.717) is 16.9 Å². The predicted octanol–water partition coefficient (Wildman–Crippen LogP) is 4.85. The molecule has 0 atom stereocenters. The number of H-pyrrole nitrogens is 2. The maximum Gasteiger partial charge on any atom is 0.265 e. The van der Waals surface area contributed by atoms with Crippen molar-refractivity contribution in [2.45, 2.75) is 4.90 Å². The van der Waals surface area contributed by atoms with Gasteiger partial charge < -0.3 is 9.72 Å². The van der Waals surface area contributed by atoms with Gasteiger partial charge in [0.05, 0.1) is 18.4 Å². The molecule has 0 saturated carbocycles. The SMILES string of the molecule is COc1ccccc1S(=O)(=O)Nc1ccc(F)c(-c2ccc3c(-c4ncc[nH]4)n[nH]c3c2F)c1F. The molecule has 0 unspecified atom stereocenters. The molecule has 0 bridgehead atoms. The van der Waals surface area contributed by atoms with Crippen LogP contribution in [0.2, 0.25) is 0 Å². The van der Waals surface area contributed by atoms with Gasteiger partial charge in [-0.15, -0.1) is 0 Å². The van der Waals surface area contributed by atoms with Crippen LogP contribution in [0.3, 0.4) is 0 Å². The lowest BCUT2D eigenvalue weighted by atomic mass is 10.0. The number of nitrogens with one attached hydrogen (secondary N) is 3. The number of hydrogen-bond acceptors (Lipinski definition) is 5. The number of aromatic amines is 2. The van der Waals surface area contributed by atoms with Crippen molar-refractivity contribution in [2.24, 2.45) is 0 Å². The Hall–Kier alpha value is -4.32. The predicted molar refractivity (Wildman–Crippen MR) is 123 cm³/mol. The fourth-order valence-electron chi connectivity index (χ4n) is 3.74. The largest absolute Gasteiger partial charge is 0.495 e. The van der Waals surface area contributed by atoms with Crippen LogP contribution in [0.1, 0.15) is 0 Å². The molecule has 2 aromatic heterocycles. The number of benzene rings is 3. The fourth-order valence-corrected chi connectivity index (χ4v) is 4.97. The third-order valence-electron chi connectivity index (χ3n) is 5.36. The average molecular weight is 499 g/mol. The number of ether oxygens (including phenoxy) is 1. The summed E-state index contributed by atoms with van der Waals surface area (Å²) >= 11 is 0. The van der Waals surface area contributed by atoms with Crippen molar-refractivity contribution in [2.75, 3.05) is 11.8 Å². The van der Waals surface area contributed by atoms with E-state index in [4.69, 9.17) is 4.74 Å². The highest BCUT2D eigenvalue weighted by atomic mass is 32.2. The number of aromatic nitrogens is 4. The standard InChI is InChI=1S/C23H16F3N5O3S/c1-34-16-4-2-3-5-17(16)35(32,33)31-15-9-8-14(24)18(20(15)26)12-6-7-13-21(19(12)25)29-30-22(13)23-27-10-11-28-23/h2-11,31H,1H3,(H,27,28)(H,29,30). The van der Waals surface area contributed by atoms with Gasteiger partial charge in [-0.25, -0.2) is 26.6 Å². The van der Waals surface area contributed by atoms with Crippen LogP contribution >= 0.6 is 0 Å². The highest BCUT2D eigenvalue weighted by molar-refractivity contribution is 7.92. The van der Waals surface area contributed by atoms with Crippen molar-refractivity contribution >= 4 is 26.6 Å². The maximum atomic E-state index is 15.5. The molecule has 178 valence electrons. The minimum atomic E-state index is -4.31. The first-order valence-electron chi connectivity index (χ1n) is 10.1. The number of nitrogens with zero attached hydrogens (tertiary/aromatic N) is 2. The van der Waals surface area contributed by atoms with Gasteiger partial charge in [0.15, 0.2) is 17.5 Å². The van der Waals surface area contributed by atoms with E-state index < -0.39 is 44.3 Å². The van der Waals surface area contributed by atoms with Gasteiger partial charge in [0.2, 0.25) is 0 Å². The molecule has 3 N–H and O–H groups in total. The van der Waals surface area contributed by atoms with Gasteiger partial charge in [0.25, 0.3) is 10.0 Å². The maximum absolute atomic E-state index is 15.5. The minimum Gasteiger partial charge on any atom is -0.495 e. The summed E-state index contributed by atoms with van der Waals surface area (Å²) in [4.78, 5) is 6.69. The quantitative estimate of drug-likeness (QED) is 0.309. The Bertz CT molecular complexity index is 1670. The van der Waals surface area contributed by atoms with E-state index in [-0.39, 0.29) is 16.2 Å². The summed E-state index contributed by atoms with van der Waals surface area (Å²) in [5.74, 6) is -2.91. The zero-order valence-electron chi connectivity index (χ0n) is 17.9. The third-order valence-corrected chi connectivity index (χ3v) is 6.77. The van der Waals surface area contributed by atoms with Crippen LogP contribution in [0, 0.1) is 17.5 Å². The van der Waals surface area contributed by atoms with Crippen molar-refractivity contribution in [1.82, 2.24) is 20.2 Å². The minimum absolute atomic E-state index is 0.0332. The van der Waals surface area contributed by atoms with Crippen LogP contribution in [-0.4, -0.2) is 35.7 Å². The topological polar surface area (TPSA) is 113 Å². The molecule has 35 heavy (non-hydrogen) atoms. The molecule has 0 radical (unpaired) electrons. The zero-order valence-corrected chi connectivity index (χ0v) is 18.8. The Kier molecular flexibility index (Phi) is 5.44. The number of halogens is 3. The number of hydrogen-bond donors (Lipinski definition) is 3. The summed E-state index contributed by atoms with van der Waals surface area (Å²) < 4.78 is 78.5. The van der Waals surface area contributed by atoms with Gasteiger partial charge in [-0.3, -0.25) is 9.82 Å². The van der Waals surface area contributed by atoms with Crippen molar-refractivity contribution in [3.63, 3.8) is 0 Å². The lowest BCUT2D eigenvalue weighted by Crippen LogP contribution is -2.15. The monoisotopic (exact) mass is 499 g/mol. The summed E-state index contributed by atoms with van der Waals surface area (Å²) in [5, 5.41) is 6.91. The Balaban J connectivity index is 1.60. The van der Waals surface area contributed by atoms with E-state index >= 15 is 8.78 Å². The average Bonchev–Trinajstić information content (AvgIpc) is 3.52. The van der Waals surface area contributed by atoms with Gasteiger partial charge in [0.1, 0.15) is 27.7 Å². The molecule has 12 heteroatoms.